The summed E-state index contributed by atoms with van der Waals surface area (Å²) in [6.07, 6.45) is -2.38. The zero-order valence-electron chi connectivity index (χ0n) is 12.5. The number of nitrogens with zero attached hydrogens (tertiary/aromatic N) is 1. The first kappa shape index (κ1) is 17.4. The third-order valence-electron chi connectivity index (χ3n) is 3.08. The van der Waals surface area contributed by atoms with Crippen LogP contribution in [-0.4, -0.2) is 42.2 Å². The topological polar surface area (TPSA) is 59.0 Å². The molecule has 0 saturated carbocycles. The minimum absolute atomic E-state index is 0.0699. The summed E-state index contributed by atoms with van der Waals surface area (Å²) < 4.78 is 18.9. The summed E-state index contributed by atoms with van der Waals surface area (Å²) in [7, 11) is 1.27. The van der Waals surface area contributed by atoms with Gasteiger partial charge in [0.05, 0.1) is 19.8 Å². The molecule has 0 aliphatic rings. The first-order valence-electron chi connectivity index (χ1n) is 6.80. The predicted molar refractivity (Wildman–Crippen MR) is 76.1 cm³/mol. The maximum atomic E-state index is 13.8. The van der Waals surface area contributed by atoms with Crippen molar-refractivity contribution in [3.8, 4) is 0 Å². The fourth-order valence-electron chi connectivity index (χ4n) is 2.04. The highest BCUT2D eigenvalue weighted by Gasteiger charge is 2.35. The van der Waals surface area contributed by atoms with Crippen molar-refractivity contribution in [2.75, 3.05) is 13.7 Å². The summed E-state index contributed by atoms with van der Waals surface area (Å²) in [5.74, 6) is -0.239. The molecule has 0 spiro atoms. The van der Waals surface area contributed by atoms with Crippen LogP contribution < -0.4 is 0 Å². The van der Waals surface area contributed by atoms with Crippen molar-refractivity contribution in [1.82, 2.24) is 5.06 Å². The van der Waals surface area contributed by atoms with Gasteiger partial charge >= 0.3 is 6.09 Å². The molecule has 1 N–H and O–H groups in total. The lowest BCUT2D eigenvalue weighted by atomic mass is 10.00. The number of rotatable bonds is 7. The van der Waals surface area contributed by atoms with Crippen molar-refractivity contribution >= 4 is 6.09 Å². The van der Waals surface area contributed by atoms with Crippen molar-refractivity contribution in [2.45, 2.75) is 32.7 Å². The molecule has 0 fully saturated rings. The smallest absolute Gasteiger partial charge is 0.434 e. The zero-order chi connectivity index (χ0) is 15.8. The summed E-state index contributed by atoms with van der Waals surface area (Å²) >= 11 is 0. The molecule has 6 heteroatoms. The first-order chi connectivity index (χ1) is 10.0. The van der Waals surface area contributed by atoms with Gasteiger partial charge in [0.1, 0.15) is 12.8 Å². The molecule has 1 aromatic rings. The highest BCUT2D eigenvalue weighted by atomic mass is 19.1. The summed E-state index contributed by atoms with van der Waals surface area (Å²) in [6, 6.07) is 8.24. The molecule has 0 aromatic heterocycles. The van der Waals surface area contributed by atoms with Gasteiger partial charge in [-0.25, -0.2) is 9.18 Å². The summed E-state index contributed by atoms with van der Waals surface area (Å²) in [4.78, 5) is 17.0. The normalized spacial score (nSPS) is 13.8. The molecule has 0 heterocycles. The molecule has 0 unspecified atom stereocenters. The lowest BCUT2D eigenvalue weighted by Gasteiger charge is -2.32. The van der Waals surface area contributed by atoms with Gasteiger partial charge in [-0.15, -0.1) is 0 Å². The third-order valence-corrected chi connectivity index (χ3v) is 3.08. The fourth-order valence-corrected chi connectivity index (χ4v) is 2.04. The van der Waals surface area contributed by atoms with E-state index in [2.05, 4.69) is 0 Å². The monoisotopic (exact) mass is 299 g/mol. The Bertz CT molecular complexity index is 427. The number of ether oxygens (including phenoxy) is 1. The standard InChI is InChI=1S/C15H22FNO4/c1-11(2)14(13(16)9-18)17(20-3)15(19)21-10-12-7-5-4-6-8-12/h4-8,11,13-14,18H,9-10H2,1-3H3/t13-,14-/m1/s1. The van der Waals surface area contributed by atoms with Gasteiger partial charge in [0.15, 0.2) is 0 Å². The van der Waals surface area contributed by atoms with Gasteiger partial charge < -0.3 is 9.84 Å². The van der Waals surface area contributed by atoms with E-state index < -0.39 is 24.9 Å². The number of hydrogen-bond donors (Lipinski definition) is 1. The minimum atomic E-state index is -1.60. The molecule has 0 saturated heterocycles. The number of alkyl halides is 1. The largest absolute Gasteiger partial charge is 0.443 e. The van der Waals surface area contributed by atoms with Crippen LogP contribution in [0, 0.1) is 5.92 Å². The Morgan fingerprint density at radius 3 is 2.43 bits per heavy atom. The first-order valence-corrected chi connectivity index (χ1v) is 6.80. The van der Waals surface area contributed by atoms with Crippen molar-refractivity contribution in [3.05, 3.63) is 35.9 Å². The van der Waals surface area contributed by atoms with Gasteiger partial charge in [-0.1, -0.05) is 44.2 Å². The molecule has 118 valence electrons. The molecule has 0 radical (unpaired) electrons. The van der Waals surface area contributed by atoms with Crippen LogP contribution in [0.2, 0.25) is 0 Å². The van der Waals surface area contributed by atoms with Gasteiger partial charge in [0.25, 0.3) is 0 Å². The average molecular weight is 299 g/mol. The predicted octanol–water partition coefficient (Wildman–Crippen LogP) is 2.54. The number of benzene rings is 1. The number of aliphatic hydroxyl groups excluding tert-OH is 1. The summed E-state index contributed by atoms with van der Waals surface area (Å²) in [5.41, 5.74) is 0.821. The number of amides is 1. The SMILES string of the molecule is CON(C(=O)OCc1ccccc1)[C@H](C(C)C)[C@H](F)CO. The second-order valence-electron chi connectivity index (χ2n) is 4.98. The molecule has 1 rings (SSSR count). The van der Waals surface area contributed by atoms with E-state index in [1.807, 2.05) is 30.3 Å². The Balaban J connectivity index is 2.71. The van der Waals surface area contributed by atoms with E-state index in [0.29, 0.717) is 0 Å². The zero-order valence-corrected chi connectivity index (χ0v) is 12.5. The highest BCUT2D eigenvalue weighted by molar-refractivity contribution is 5.66. The van der Waals surface area contributed by atoms with E-state index in [9.17, 15) is 9.18 Å². The second-order valence-corrected chi connectivity index (χ2v) is 4.98. The van der Waals surface area contributed by atoms with Crippen LogP contribution >= 0.6 is 0 Å². The van der Waals surface area contributed by atoms with Gasteiger partial charge in [-0.2, -0.15) is 5.06 Å². The molecule has 1 aromatic carbocycles. The lowest BCUT2D eigenvalue weighted by molar-refractivity contribution is -0.166. The molecule has 0 bridgehead atoms. The fraction of sp³-hybridized carbons (Fsp3) is 0.533. The number of halogens is 1. The minimum Gasteiger partial charge on any atom is -0.443 e. The number of carbonyl (C=O) groups excluding carboxylic acids is 1. The molecule has 0 aliphatic carbocycles. The molecule has 2 atom stereocenters. The number of aliphatic hydroxyl groups is 1. The van der Waals surface area contributed by atoms with Crippen molar-refractivity contribution in [1.29, 1.82) is 0 Å². The summed E-state index contributed by atoms with van der Waals surface area (Å²) in [5, 5.41) is 9.82. The van der Waals surface area contributed by atoms with E-state index in [4.69, 9.17) is 14.7 Å². The van der Waals surface area contributed by atoms with E-state index in [1.165, 1.54) is 7.11 Å². The van der Waals surface area contributed by atoms with Crippen LogP contribution in [0.4, 0.5) is 9.18 Å². The van der Waals surface area contributed by atoms with Crippen LogP contribution in [0.3, 0.4) is 0 Å². The van der Waals surface area contributed by atoms with Crippen LogP contribution in [0.15, 0.2) is 30.3 Å². The number of hydrogen-bond acceptors (Lipinski definition) is 4. The Morgan fingerprint density at radius 1 is 1.33 bits per heavy atom. The Labute approximate surface area is 124 Å². The lowest BCUT2D eigenvalue weighted by Crippen LogP contribution is -2.49. The molecular weight excluding hydrogens is 277 g/mol. The highest BCUT2D eigenvalue weighted by Crippen LogP contribution is 2.19. The van der Waals surface area contributed by atoms with Crippen LogP contribution in [-0.2, 0) is 16.2 Å². The number of carbonyl (C=O) groups is 1. The van der Waals surface area contributed by atoms with E-state index in [1.54, 1.807) is 13.8 Å². The average Bonchev–Trinajstić information content (AvgIpc) is 2.50. The second kappa shape index (κ2) is 8.59. The van der Waals surface area contributed by atoms with Crippen LogP contribution in [0.5, 0.6) is 0 Å². The Kier molecular flexibility index (Phi) is 7.11. The number of hydroxylamine groups is 2. The molecule has 1 amide bonds. The van der Waals surface area contributed by atoms with E-state index in [-0.39, 0.29) is 12.5 Å². The third kappa shape index (κ3) is 4.99. The molecular formula is C15H22FNO4. The summed E-state index contributed by atoms with van der Waals surface area (Å²) in [6.45, 7) is 2.86. The Morgan fingerprint density at radius 2 is 1.95 bits per heavy atom. The maximum Gasteiger partial charge on any atom is 0.434 e. The van der Waals surface area contributed by atoms with Crippen molar-refractivity contribution in [2.24, 2.45) is 5.92 Å². The quantitative estimate of drug-likeness (QED) is 0.786. The van der Waals surface area contributed by atoms with Crippen LogP contribution in [0.25, 0.3) is 0 Å². The molecule has 5 nitrogen and oxygen atoms in total. The van der Waals surface area contributed by atoms with Gasteiger partial charge in [-0.3, -0.25) is 4.84 Å². The van der Waals surface area contributed by atoms with Crippen molar-refractivity contribution < 1.29 is 23.9 Å². The maximum absolute atomic E-state index is 13.8. The molecule has 21 heavy (non-hydrogen) atoms. The van der Waals surface area contributed by atoms with E-state index >= 15 is 0 Å². The van der Waals surface area contributed by atoms with Gasteiger partial charge in [0.2, 0.25) is 0 Å². The Hall–Kier alpha value is -1.66. The van der Waals surface area contributed by atoms with Crippen molar-refractivity contribution in [3.63, 3.8) is 0 Å². The van der Waals surface area contributed by atoms with Crippen LogP contribution in [0.1, 0.15) is 19.4 Å². The molecule has 0 aliphatic heterocycles. The van der Waals surface area contributed by atoms with Gasteiger partial charge in [-0.05, 0) is 11.5 Å². The van der Waals surface area contributed by atoms with E-state index in [0.717, 1.165) is 10.6 Å². The van der Waals surface area contributed by atoms with Gasteiger partial charge in [0, 0.05) is 0 Å².